The van der Waals surface area contributed by atoms with Crippen molar-refractivity contribution in [2.45, 2.75) is 71.1 Å². The van der Waals surface area contributed by atoms with E-state index in [1.54, 1.807) is 6.33 Å². The van der Waals surface area contributed by atoms with Crippen LogP contribution >= 0.6 is 0 Å². The Hall–Kier alpha value is -2.38. The third kappa shape index (κ3) is 4.00. The van der Waals surface area contributed by atoms with Gasteiger partial charge >= 0.3 is 6.09 Å². The molecule has 0 atom stereocenters. The molecule has 2 heterocycles. The Morgan fingerprint density at radius 1 is 1.28 bits per heavy atom. The summed E-state index contributed by atoms with van der Waals surface area (Å²) in [6, 6.07) is 0.442. The average molecular weight is 346 g/mol. The lowest BCUT2D eigenvalue weighted by Crippen LogP contribution is -2.41. The maximum absolute atomic E-state index is 11.9. The second-order valence-corrected chi connectivity index (χ2v) is 7.63. The van der Waals surface area contributed by atoms with E-state index in [1.807, 2.05) is 27.7 Å². The van der Waals surface area contributed by atoms with Crippen LogP contribution in [0.3, 0.4) is 0 Å². The minimum absolute atomic E-state index is 0.141. The third-order valence-electron chi connectivity index (χ3n) is 4.37. The predicted molar refractivity (Wildman–Crippen MR) is 95.1 cm³/mol. The molecule has 0 saturated heterocycles. The van der Waals surface area contributed by atoms with Gasteiger partial charge in [0.1, 0.15) is 16.9 Å². The van der Waals surface area contributed by atoms with Gasteiger partial charge in [0.2, 0.25) is 0 Å². The molecular weight excluding hydrogens is 320 g/mol. The quantitative estimate of drug-likeness (QED) is 0.865. The monoisotopic (exact) mass is 346 g/mol. The number of nitrogens with two attached hydrogens (primary N) is 1. The Labute approximate surface area is 147 Å². The van der Waals surface area contributed by atoms with Crippen LogP contribution in [0.1, 0.15) is 58.3 Å². The number of alkyl carbamates (subject to hydrolysis) is 1. The van der Waals surface area contributed by atoms with Crippen molar-refractivity contribution in [2.24, 2.45) is 0 Å². The number of aromatic nitrogens is 4. The molecule has 2 aromatic heterocycles. The van der Waals surface area contributed by atoms with Gasteiger partial charge in [-0.15, -0.1) is 0 Å². The number of amides is 1. The highest BCUT2D eigenvalue weighted by molar-refractivity contribution is 5.81. The van der Waals surface area contributed by atoms with Crippen molar-refractivity contribution in [3.05, 3.63) is 12.2 Å². The summed E-state index contributed by atoms with van der Waals surface area (Å²) in [6.45, 7) is 7.42. The number of ether oxygens (including phenoxy) is 1. The number of nitrogens with zero attached hydrogens (tertiary/aromatic N) is 4. The van der Waals surface area contributed by atoms with Crippen LogP contribution in [0.4, 0.5) is 10.6 Å². The first-order valence-corrected chi connectivity index (χ1v) is 8.69. The summed E-state index contributed by atoms with van der Waals surface area (Å²) >= 11 is 0. The molecule has 0 unspecified atom stereocenters. The lowest BCUT2D eigenvalue weighted by Gasteiger charge is -2.30. The van der Waals surface area contributed by atoms with Gasteiger partial charge in [0.25, 0.3) is 0 Å². The van der Waals surface area contributed by atoms with Crippen molar-refractivity contribution in [3.63, 3.8) is 0 Å². The number of carbonyl (C=O) groups is 1. The Morgan fingerprint density at radius 2 is 1.96 bits per heavy atom. The zero-order valence-electron chi connectivity index (χ0n) is 15.2. The summed E-state index contributed by atoms with van der Waals surface area (Å²) < 4.78 is 7.41. The zero-order chi connectivity index (χ0) is 18.2. The number of aryl methyl sites for hydroxylation is 1. The molecule has 1 aliphatic rings. The smallest absolute Gasteiger partial charge is 0.407 e. The average Bonchev–Trinajstić information content (AvgIpc) is 2.90. The molecule has 2 aromatic rings. The molecule has 3 rings (SSSR count). The molecule has 0 aromatic carbocycles. The van der Waals surface area contributed by atoms with E-state index in [0.717, 1.165) is 31.3 Å². The van der Waals surface area contributed by atoms with Gasteiger partial charge in [-0.05, 0) is 53.4 Å². The van der Waals surface area contributed by atoms with E-state index in [4.69, 9.17) is 10.5 Å². The van der Waals surface area contributed by atoms with Gasteiger partial charge in [0, 0.05) is 12.1 Å². The molecule has 0 spiro atoms. The zero-order valence-corrected chi connectivity index (χ0v) is 15.2. The number of anilines is 1. The lowest BCUT2D eigenvalue weighted by molar-refractivity contribution is 0.0488. The Kier molecular flexibility index (Phi) is 4.53. The Morgan fingerprint density at radius 3 is 2.60 bits per heavy atom. The molecular formula is C17H26N6O2. The number of carbonyl (C=O) groups excluding carboxylic acids is 1. The third-order valence-corrected chi connectivity index (χ3v) is 4.37. The highest BCUT2D eigenvalue weighted by Gasteiger charge is 2.27. The van der Waals surface area contributed by atoms with Gasteiger partial charge in [0.05, 0.1) is 6.33 Å². The Bertz CT molecular complexity index is 771. The second-order valence-electron chi connectivity index (χ2n) is 7.63. The summed E-state index contributed by atoms with van der Waals surface area (Å²) in [4.78, 5) is 24.9. The van der Waals surface area contributed by atoms with Gasteiger partial charge in [0.15, 0.2) is 11.5 Å². The molecule has 3 N–H and O–H groups in total. The van der Waals surface area contributed by atoms with Crippen LogP contribution in [0.25, 0.3) is 11.2 Å². The molecule has 0 bridgehead atoms. The van der Waals surface area contributed by atoms with Crippen LogP contribution in [0.2, 0.25) is 0 Å². The van der Waals surface area contributed by atoms with Gasteiger partial charge in [-0.25, -0.2) is 19.7 Å². The number of nitrogen functional groups attached to an aromatic ring is 1. The van der Waals surface area contributed by atoms with Gasteiger partial charge in [-0.3, -0.25) is 0 Å². The number of hydrogen-bond donors (Lipinski definition) is 2. The first-order valence-electron chi connectivity index (χ1n) is 8.69. The van der Waals surface area contributed by atoms with Gasteiger partial charge < -0.3 is 20.4 Å². The van der Waals surface area contributed by atoms with E-state index in [-0.39, 0.29) is 12.1 Å². The molecule has 1 fully saturated rings. The number of nitrogens with one attached hydrogen (secondary N) is 1. The molecule has 0 aliphatic heterocycles. The molecule has 25 heavy (non-hydrogen) atoms. The van der Waals surface area contributed by atoms with E-state index < -0.39 is 5.60 Å². The van der Waals surface area contributed by atoms with Gasteiger partial charge in [-0.1, -0.05) is 0 Å². The highest BCUT2D eigenvalue weighted by atomic mass is 16.6. The van der Waals surface area contributed by atoms with Crippen molar-refractivity contribution in [1.82, 2.24) is 24.8 Å². The predicted octanol–water partition coefficient (Wildman–Crippen LogP) is 2.73. The minimum Gasteiger partial charge on any atom is -0.444 e. The Balaban J connectivity index is 1.64. The summed E-state index contributed by atoms with van der Waals surface area (Å²) in [5.41, 5.74) is 6.90. The van der Waals surface area contributed by atoms with E-state index >= 15 is 0 Å². The van der Waals surface area contributed by atoms with Crippen LogP contribution in [0, 0.1) is 6.92 Å². The molecule has 136 valence electrons. The largest absolute Gasteiger partial charge is 0.444 e. The van der Waals surface area contributed by atoms with Crippen LogP contribution in [0.5, 0.6) is 0 Å². The van der Waals surface area contributed by atoms with Crippen molar-refractivity contribution < 1.29 is 9.53 Å². The molecule has 1 aliphatic carbocycles. The molecule has 8 heteroatoms. The first kappa shape index (κ1) is 17.4. The van der Waals surface area contributed by atoms with Crippen LogP contribution in [-0.4, -0.2) is 37.3 Å². The van der Waals surface area contributed by atoms with Crippen molar-refractivity contribution in [1.29, 1.82) is 0 Å². The normalized spacial score (nSPS) is 21.3. The van der Waals surface area contributed by atoms with Crippen LogP contribution in [0.15, 0.2) is 6.33 Å². The number of hydrogen-bond acceptors (Lipinski definition) is 6. The maximum atomic E-state index is 11.9. The summed E-state index contributed by atoms with van der Waals surface area (Å²) in [5.74, 6) is 1.06. The van der Waals surface area contributed by atoms with E-state index in [1.165, 1.54) is 0 Å². The fourth-order valence-electron chi connectivity index (χ4n) is 3.29. The molecule has 1 amide bonds. The SMILES string of the molecule is Cc1nc(N)c2ncn(C3CCC(NC(=O)OC(C)(C)C)CC3)c2n1. The standard InChI is InChI=1S/C17H26N6O2/c1-10-20-14(18)13-15(21-10)23(9-19-13)12-7-5-11(6-8-12)22-16(24)25-17(2,3)4/h9,11-12H,5-8H2,1-4H3,(H,22,24)(H2,18,20,21). The number of imidazole rings is 1. The van der Waals surface area contributed by atoms with E-state index in [9.17, 15) is 4.79 Å². The van der Waals surface area contributed by atoms with Gasteiger partial charge in [-0.2, -0.15) is 0 Å². The summed E-state index contributed by atoms with van der Waals surface area (Å²) in [6.07, 6.45) is 5.11. The van der Waals surface area contributed by atoms with Crippen LogP contribution < -0.4 is 11.1 Å². The topological polar surface area (TPSA) is 108 Å². The second kappa shape index (κ2) is 6.50. The van der Waals surface area contributed by atoms with Crippen molar-refractivity contribution in [3.8, 4) is 0 Å². The fraction of sp³-hybridized carbons (Fsp3) is 0.647. The molecule has 1 saturated carbocycles. The molecule has 0 radical (unpaired) electrons. The number of fused-ring (bicyclic) bond motifs is 1. The summed E-state index contributed by atoms with van der Waals surface area (Å²) in [7, 11) is 0. The van der Waals surface area contributed by atoms with Crippen LogP contribution in [-0.2, 0) is 4.74 Å². The van der Waals surface area contributed by atoms with E-state index in [2.05, 4.69) is 24.8 Å². The van der Waals surface area contributed by atoms with Crippen molar-refractivity contribution in [2.75, 3.05) is 5.73 Å². The number of rotatable bonds is 2. The molecule has 8 nitrogen and oxygen atoms in total. The van der Waals surface area contributed by atoms with Crippen molar-refractivity contribution >= 4 is 23.1 Å². The minimum atomic E-state index is -0.478. The fourth-order valence-corrected chi connectivity index (χ4v) is 3.29. The first-order chi connectivity index (χ1) is 11.7. The maximum Gasteiger partial charge on any atom is 0.407 e. The summed E-state index contributed by atoms with van der Waals surface area (Å²) in [5, 5.41) is 2.96. The van der Waals surface area contributed by atoms with E-state index in [0.29, 0.717) is 23.2 Å². The lowest BCUT2D eigenvalue weighted by atomic mass is 9.91. The highest BCUT2D eigenvalue weighted by Crippen LogP contribution is 2.31.